The van der Waals surface area contributed by atoms with Crippen LogP contribution in [0.1, 0.15) is 77.8 Å². The third-order valence-electron chi connectivity index (χ3n) is 12.6. The normalized spacial score (nSPS) is 41.0. The first-order chi connectivity index (χ1) is 23.3. The topological polar surface area (TPSA) is 131 Å². The lowest BCUT2D eigenvalue weighted by molar-refractivity contribution is -0.261. The summed E-state index contributed by atoms with van der Waals surface area (Å²) in [6, 6.07) is 11.5. The molecule has 5 aliphatic rings. The van der Waals surface area contributed by atoms with Crippen molar-refractivity contribution in [2.75, 3.05) is 6.61 Å². The average molecular weight is 675 g/mol. The van der Waals surface area contributed by atoms with Gasteiger partial charge in [-0.25, -0.2) is 4.79 Å². The molecule has 0 bridgehead atoms. The number of rotatable bonds is 6. The van der Waals surface area contributed by atoms with Crippen LogP contribution in [0.2, 0.25) is 0 Å². The van der Waals surface area contributed by atoms with Crippen LogP contribution in [-0.4, -0.2) is 66.4 Å². The second-order valence-corrected chi connectivity index (χ2v) is 15.3. The number of aliphatic hydroxyl groups excluding tert-OH is 1. The minimum absolute atomic E-state index is 0.0416. The van der Waals surface area contributed by atoms with Gasteiger partial charge in [0.25, 0.3) is 0 Å². The number of fused-ring (bicyclic) bond motifs is 4. The van der Waals surface area contributed by atoms with Gasteiger partial charge in [0.15, 0.2) is 6.29 Å². The number of aliphatic hydroxyl groups is 1. The van der Waals surface area contributed by atoms with E-state index >= 15 is 0 Å². The van der Waals surface area contributed by atoms with Crippen LogP contribution < -0.4 is 0 Å². The first kappa shape index (κ1) is 33.8. The number of carbonyl (C=O) groups excluding carboxylic acids is 3. The van der Waals surface area contributed by atoms with Gasteiger partial charge in [0.2, 0.25) is 0 Å². The van der Waals surface area contributed by atoms with Gasteiger partial charge in [0.05, 0.1) is 31.3 Å². The molecule has 2 saturated carbocycles. The van der Waals surface area contributed by atoms with Crippen LogP contribution in [0.5, 0.6) is 0 Å². The second-order valence-electron chi connectivity index (χ2n) is 15.3. The van der Waals surface area contributed by atoms with Gasteiger partial charge in [-0.1, -0.05) is 56.7 Å². The third-order valence-corrected chi connectivity index (χ3v) is 12.6. The minimum Gasteiger partial charge on any atom is -0.472 e. The number of esters is 3. The zero-order valence-corrected chi connectivity index (χ0v) is 28.9. The van der Waals surface area contributed by atoms with E-state index in [2.05, 4.69) is 20.8 Å². The molecule has 3 aliphatic carbocycles. The molecule has 0 radical (unpaired) electrons. The molecule has 10 heteroatoms. The number of furan rings is 1. The number of hydrogen-bond donors (Lipinski definition) is 1. The Labute approximate surface area is 286 Å². The highest BCUT2D eigenvalue weighted by Gasteiger charge is 2.77. The molecule has 12 atom stereocenters. The monoisotopic (exact) mass is 674 g/mol. The zero-order chi connectivity index (χ0) is 34.9. The number of hydrogen-bond acceptors (Lipinski definition) is 10. The summed E-state index contributed by atoms with van der Waals surface area (Å²) in [7, 11) is 0. The molecule has 1 N–H and O–H groups in total. The Morgan fingerprint density at radius 1 is 0.939 bits per heavy atom. The molecule has 1 aromatic heterocycles. The van der Waals surface area contributed by atoms with Crippen LogP contribution in [0, 0.1) is 28.1 Å². The first-order valence-electron chi connectivity index (χ1n) is 17.2. The van der Waals surface area contributed by atoms with Gasteiger partial charge in [-0.15, -0.1) is 0 Å². The predicted molar refractivity (Wildman–Crippen MR) is 176 cm³/mol. The molecule has 262 valence electrons. The van der Waals surface area contributed by atoms with Gasteiger partial charge in [0.1, 0.15) is 18.3 Å². The lowest BCUT2D eigenvalue weighted by Gasteiger charge is -2.66. The molecule has 4 fully saturated rings. The molecule has 10 nitrogen and oxygen atoms in total. The summed E-state index contributed by atoms with van der Waals surface area (Å²) < 4.78 is 37.5. The summed E-state index contributed by atoms with van der Waals surface area (Å²) in [4.78, 5) is 39.1. The summed E-state index contributed by atoms with van der Waals surface area (Å²) in [5.74, 6) is -2.25. The van der Waals surface area contributed by atoms with Gasteiger partial charge in [-0.05, 0) is 48.1 Å². The number of carbonyl (C=O) groups is 3. The van der Waals surface area contributed by atoms with Crippen molar-refractivity contribution < 1.29 is 47.6 Å². The van der Waals surface area contributed by atoms with Crippen molar-refractivity contribution in [2.45, 2.75) is 104 Å². The SMILES string of the molecule is CC(=O)O[C@H]1C[C@@H](OC(C)=O)[C@@]2(C)CO[C@H]3[C@H]2[C@@]1(C)C1C[C@H](O)O[C@H]2C[C@H](c4ccoc4)C(C)=C2[C@]1(C)[C@@H]3OC(=O)C=Cc1ccccc1. The Morgan fingerprint density at radius 2 is 1.65 bits per heavy atom. The maximum atomic E-state index is 13.9. The highest BCUT2D eigenvalue weighted by molar-refractivity contribution is 5.87. The molecule has 1 unspecified atom stereocenters. The molecular formula is C39H46O10. The molecule has 7 rings (SSSR count). The molecule has 1 aromatic carbocycles. The number of ether oxygens (including phenoxy) is 5. The molecule has 0 spiro atoms. The summed E-state index contributed by atoms with van der Waals surface area (Å²) in [6.07, 6.45) is 3.23. The van der Waals surface area contributed by atoms with Crippen molar-refractivity contribution in [1.82, 2.24) is 0 Å². The van der Waals surface area contributed by atoms with Crippen LogP contribution in [0.25, 0.3) is 6.08 Å². The third kappa shape index (κ3) is 5.29. The largest absolute Gasteiger partial charge is 0.472 e. The highest BCUT2D eigenvalue weighted by atomic mass is 16.6. The molecule has 0 amide bonds. The predicted octanol–water partition coefficient (Wildman–Crippen LogP) is 5.75. The van der Waals surface area contributed by atoms with E-state index in [0.29, 0.717) is 6.42 Å². The van der Waals surface area contributed by atoms with Crippen LogP contribution >= 0.6 is 0 Å². The van der Waals surface area contributed by atoms with E-state index in [4.69, 9.17) is 28.1 Å². The van der Waals surface area contributed by atoms with Crippen molar-refractivity contribution in [3.63, 3.8) is 0 Å². The van der Waals surface area contributed by atoms with E-state index in [1.165, 1.54) is 19.9 Å². The molecule has 2 aliphatic heterocycles. The first-order valence-corrected chi connectivity index (χ1v) is 17.2. The van der Waals surface area contributed by atoms with Gasteiger partial charge < -0.3 is 33.2 Å². The number of benzene rings is 1. The molecule has 3 heterocycles. The van der Waals surface area contributed by atoms with Gasteiger partial charge in [-0.2, -0.15) is 0 Å². The minimum atomic E-state index is -1.14. The quantitative estimate of drug-likeness (QED) is 0.175. The fourth-order valence-corrected chi connectivity index (χ4v) is 10.8. The van der Waals surface area contributed by atoms with Crippen molar-refractivity contribution in [1.29, 1.82) is 0 Å². The lowest BCUT2D eigenvalue weighted by Crippen LogP contribution is -2.72. The van der Waals surface area contributed by atoms with Gasteiger partial charge in [-0.3, -0.25) is 9.59 Å². The van der Waals surface area contributed by atoms with Crippen LogP contribution in [0.3, 0.4) is 0 Å². The van der Waals surface area contributed by atoms with E-state index in [0.717, 1.165) is 22.3 Å². The summed E-state index contributed by atoms with van der Waals surface area (Å²) in [5, 5.41) is 11.6. The Kier molecular flexibility index (Phi) is 8.44. The van der Waals surface area contributed by atoms with E-state index in [9.17, 15) is 19.5 Å². The Bertz CT molecular complexity index is 1660. The van der Waals surface area contributed by atoms with E-state index in [1.807, 2.05) is 43.3 Å². The molecule has 49 heavy (non-hydrogen) atoms. The fraction of sp³-hybridized carbons (Fsp3) is 0.564. The standard InChI is InChI=1S/C39H46O10/c1-21-26(25-14-15-44-19-25)16-27-33(21)39(6)28(17-32(43)48-27)38(5)30(47-23(3)41)18-29(46-22(2)40)37(4)20-45-34(35(37)38)36(39)49-31(42)13-12-24-10-8-7-9-11-24/h7-15,19,26-30,32,34-36,43H,16-18,20H2,1-6H3/t26-,27-,28?,29+,30-,32+,34-,35+,36+,37+,38-,39+/m0/s1. The Morgan fingerprint density at radius 3 is 2.33 bits per heavy atom. The second kappa shape index (κ2) is 12.2. The van der Waals surface area contributed by atoms with Crippen LogP contribution in [0.15, 0.2) is 70.6 Å². The summed E-state index contributed by atoms with van der Waals surface area (Å²) in [5.41, 5.74) is 1.45. The molecule has 2 aromatic rings. The summed E-state index contributed by atoms with van der Waals surface area (Å²) in [6.45, 7) is 11.3. The lowest BCUT2D eigenvalue weighted by atomic mass is 9.39. The van der Waals surface area contributed by atoms with E-state index in [1.54, 1.807) is 18.6 Å². The maximum absolute atomic E-state index is 13.9. The van der Waals surface area contributed by atoms with Crippen molar-refractivity contribution >= 4 is 24.0 Å². The van der Waals surface area contributed by atoms with Crippen LogP contribution in [-0.2, 0) is 38.1 Å². The van der Waals surface area contributed by atoms with Crippen LogP contribution in [0.4, 0.5) is 0 Å². The zero-order valence-electron chi connectivity index (χ0n) is 28.9. The van der Waals surface area contributed by atoms with Crippen molar-refractivity contribution in [3.05, 3.63) is 77.3 Å². The fourth-order valence-electron chi connectivity index (χ4n) is 10.8. The highest BCUT2D eigenvalue weighted by Crippen LogP contribution is 2.72. The van der Waals surface area contributed by atoms with Crippen molar-refractivity contribution in [2.24, 2.45) is 28.1 Å². The molecule has 2 saturated heterocycles. The number of allylic oxidation sites excluding steroid dienone is 1. The van der Waals surface area contributed by atoms with E-state index < -0.39 is 76.9 Å². The van der Waals surface area contributed by atoms with E-state index in [-0.39, 0.29) is 31.3 Å². The van der Waals surface area contributed by atoms with Gasteiger partial charge >= 0.3 is 17.9 Å². The summed E-state index contributed by atoms with van der Waals surface area (Å²) >= 11 is 0. The maximum Gasteiger partial charge on any atom is 0.331 e. The van der Waals surface area contributed by atoms with Gasteiger partial charge in [0, 0.05) is 60.8 Å². The molecular weight excluding hydrogens is 628 g/mol. The van der Waals surface area contributed by atoms with Crippen molar-refractivity contribution in [3.8, 4) is 0 Å². The smallest absolute Gasteiger partial charge is 0.331 e. The Hall–Kier alpha value is -3.73. The Balaban J connectivity index is 1.42. The average Bonchev–Trinajstić information content (AvgIpc) is 3.76.